The summed E-state index contributed by atoms with van der Waals surface area (Å²) >= 11 is 1.79. The zero-order chi connectivity index (χ0) is 17.2. The van der Waals surface area contributed by atoms with Gasteiger partial charge >= 0.3 is 0 Å². The van der Waals surface area contributed by atoms with Gasteiger partial charge in [0.05, 0.1) is 6.54 Å². The van der Waals surface area contributed by atoms with Gasteiger partial charge in [-0.1, -0.05) is 6.92 Å². The molecule has 25 heavy (non-hydrogen) atoms. The van der Waals surface area contributed by atoms with Crippen LogP contribution in [0.5, 0.6) is 0 Å². The molecule has 1 saturated heterocycles. The molecule has 1 aliphatic rings. The lowest BCUT2D eigenvalue weighted by Gasteiger charge is -2.30. The van der Waals surface area contributed by atoms with Crippen molar-refractivity contribution in [1.82, 2.24) is 15.5 Å². The molecular weight excluding hydrogens is 443 g/mol. The summed E-state index contributed by atoms with van der Waals surface area (Å²) in [4.78, 5) is 8.69. The van der Waals surface area contributed by atoms with E-state index >= 15 is 0 Å². The number of unbranched alkanes of at least 4 members (excludes halogenated alkanes) is 1. The van der Waals surface area contributed by atoms with E-state index in [0.717, 1.165) is 31.5 Å². The first-order chi connectivity index (χ1) is 11.7. The molecule has 1 aliphatic heterocycles. The van der Waals surface area contributed by atoms with Crippen molar-refractivity contribution in [2.75, 3.05) is 32.7 Å². The lowest BCUT2D eigenvalue weighted by atomic mass is 10.0. The van der Waals surface area contributed by atoms with Gasteiger partial charge in [0.15, 0.2) is 5.96 Å². The van der Waals surface area contributed by atoms with Gasteiger partial charge in [0, 0.05) is 24.5 Å². The standard InChI is InChI=1S/C19H34N4S.HI/c1-4-20-19(22-14-18-17(3)9-13-24-18)21-10-5-6-11-23-12-7-8-16(2)15-23;/h9,13,16H,4-8,10-12,14-15H2,1-3H3,(H2,20,21,22);1H. The van der Waals surface area contributed by atoms with Gasteiger partial charge in [0.25, 0.3) is 0 Å². The Morgan fingerprint density at radius 2 is 2.20 bits per heavy atom. The molecule has 1 atom stereocenters. The van der Waals surface area contributed by atoms with E-state index in [2.05, 4.69) is 47.8 Å². The first-order valence-electron chi connectivity index (χ1n) is 9.46. The molecule has 0 bridgehead atoms. The minimum atomic E-state index is 0. The van der Waals surface area contributed by atoms with Crippen molar-refractivity contribution in [2.24, 2.45) is 10.9 Å². The van der Waals surface area contributed by atoms with Crippen LogP contribution in [0, 0.1) is 12.8 Å². The van der Waals surface area contributed by atoms with E-state index in [1.54, 1.807) is 11.3 Å². The van der Waals surface area contributed by atoms with Crippen LogP contribution in [0.25, 0.3) is 0 Å². The average Bonchev–Trinajstić information content (AvgIpc) is 2.97. The van der Waals surface area contributed by atoms with Crippen LogP contribution in [-0.2, 0) is 6.54 Å². The highest BCUT2D eigenvalue weighted by molar-refractivity contribution is 14.0. The normalized spacial score (nSPS) is 18.7. The Balaban J connectivity index is 0.00000312. The number of rotatable bonds is 8. The van der Waals surface area contributed by atoms with E-state index in [0.29, 0.717) is 0 Å². The van der Waals surface area contributed by atoms with Gasteiger partial charge in [-0.15, -0.1) is 35.3 Å². The Labute approximate surface area is 174 Å². The molecule has 0 spiro atoms. The van der Waals surface area contributed by atoms with Crippen molar-refractivity contribution in [2.45, 2.75) is 53.0 Å². The number of aryl methyl sites for hydroxylation is 1. The zero-order valence-electron chi connectivity index (χ0n) is 16.0. The van der Waals surface area contributed by atoms with E-state index in [4.69, 9.17) is 4.99 Å². The summed E-state index contributed by atoms with van der Waals surface area (Å²) in [5, 5.41) is 8.96. The number of likely N-dealkylation sites (tertiary alicyclic amines) is 1. The maximum absolute atomic E-state index is 4.71. The van der Waals surface area contributed by atoms with Crippen LogP contribution in [0.3, 0.4) is 0 Å². The van der Waals surface area contributed by atoms with Crippen molar-refractivity contribution in [3.63, 3.8) is 0 Å². The second-order valence-corrected chi connectivity index (χ2v) is 7.90. The van der Waals surface area contributed by atoms with E-state index in [1.807, 2.05) is 0 Å². The first-order valence-corrected chi connectivity index (χ1v) is 10.3. The smallest absolute Gasteiger partial charge is 0.191 e. The van der Waals surface area contributed by atoms with Gasteiger partial charge in [-0.25, -0.2) is 4.99 Å². The van der Waals surface area contributed by atoms with Gasteiger partial charge in [-0.2, -0.15) is 0 Å². The van der Waals surface area contributed by atoms with Gasteiger partial charge < -0.3 is 15.5 Å². The highest BCUT2D eigenvalue weighted by Crippen LogP contribution is 2.16. The third-order valence-corrected chi connectivity index (χ3v) is 5.64. The van der Waals surface area contributed by atoms with Crippen molar-refractivity contribution in [1.29, 1.82) is 0 Å². The summed E-state index contributed by atoms with van der Waals surface area (Å²) in [6.45, 7) is 13.1. The molecule has 0 aliphatic carbocycles. The first kappa shape index (κ1) is 22.7. The molecule has 4 nitrogen and oxygen atoms in total. The van der Waals surface area contributed by atoms with E-state index < -0.39 is 0 Å². The molecule has 1 fully saturated rings. The summed E-state index contributed by atoms with van der Waals surface area (Å²) < 4.78 is 0. The van der Waals surface area contributed by atoms with Crippen molar-refractivity contribution in [3.05, 3.63) is 21.9 Å². The second kappa shape index (κ2) is 12.9. The number of thiophene rings is 1. The summed E-state index contributed by atoms with van der Waals surface area (Å²) in [6, 6.07) is 2.16. The van der Waals surface area contributed by atoms with Crippen LogP contribution >= 0.6 is 35.3 Å². The van der Waals surface area contributed by atoms with Crippen LogP contribution < -0.4 is 10.6 Å². The van der Waals surface area contributed by atoms with Crippen molar-refractivity contribution < 1.29 is 0 Å². The lowest BCUT2D eigenvalue weighted by molar-refractivity contribution is 0.181. The van der Waals surface area contributed by atoms with E-state index in [-0.39, 0.29) is 24.0 Å². The fraction of sp³-hybridized carbons (Fsp3) is 0.737. The molecule has 2 rings (SSSR count). The van der Waals surface area contributed by atoms with Crippen molar-refractivity contribution in [3.8, 4) is 0 Å². The lowest BCUT2D eigenvalue weighted by Crippen LogP contribution is -2.38. The Hall–Kier alpha value is -0.340. The predicted molar refractivity (Wildman–Crippen MR) is 121 cm³/mol. The minimum absolute atomic E-state index is 0. The number of piperidine rings is 1. The molecule has 2 N–H and O–H groups in total. The predicted octanol–water partition coefficient (Wildman–Crippen LogP) is 4.24. The SMILES string of the molecule is CCNC(=NCc1sccc1C)NCCCCN1CCCC(C)C1.I. The third-order valence-electron chi connectivity index (χ3n) is 4.63. The number of hydrogen-bond donors (Lipinski definition) is 2. The van der Waals surface area contributed by atoms with Crippen molar-refractivity contribution >= 4 is 41.3 Å². The Bertz CT molecular complexity index is 503. The summed E-state index contributed by atoms with van der Waals surface area (Å²) in [6.07, 6.45) is 5.25. The maximum atomic E-state index is 4.71. The van der Waals surface area contributed by atoms with Crippen LogP contribution in [0.2, 0.25) is 0 Å². The zero-order valence-corrected chi connectivity index (χ0v) is 19.2. The van der Waals surface area contributed by atoms with Crippen LogP contribution in [-0.4, -0.2) is 43.6 Å². The van der Waals surface area contributed by atoms with Crippen LogP contribution in [0.4, 0.5) is 0 Å². The molecule has 1 aromatic rings. The van der Waals surface area contributed by atoms with E-state index in [9.17, 15) is 0 Å². The number of hydrogen-bond acceptors (Lipinski definition) is 3. The number of aliphatic imine (C=N–C) groups is 1. The fourth-order valence-corrected chi connectivity index (χ4v) is 4.05. The highest BCUT2D eigenvalue weighted by Gasteiger charge is 2.15. The monoisotopic (exact) mass is 478 g/mol. The molecule has 0 radical (unpaired) electrons. The molecule has 0 amide bonds. The second-order valence-electron chi connectivity index (χ2n) is 6.90. The maximum Gasteiger partial charge on any atom is 0.191 e. The van der Waals surface area contributed by atoms with Crippen LogP contribution in [0.1, 0.15) is 50.0 Å². The molecule has 1 aromatic heterocycles. The fourth-order valence-electron chi connectivity index (χ4n) is 3.22. The van der Waals surface area contributed by atoms with Gasteiger partial charge in [-0.05, 0) is 75.5 Å². The molecule has 144 valence electrons. The highest BCUT2D eigenvalue weighted by atomic mass is 127. The van der Waals surface area contributed by atoms with Gasteiger partial charge in [0.2, 0.25) is 0 Å². The summed E-state index contributed by atoms with van der Waals surface area (Å²) in [5.74, 6) is 1.82. The topological polar surface area (TPSA) is 39.7 Å². The van der Waals surface area contributed by atoms with E-state index in [1.165, 1.54) is 55.8 Å². The Morgan fingerprint density at radius 3 is 2.88 bits per heavy atom. The number of nitrogens with one attached hydrogen (secondary N) is 2. The number of nitrogens with zero attached hydrogens (tertiary/aromatic N) is 2. The molecule has 6 heteroatoms. The van der Waals surface area contributed by atoms with Crippen LogP contribution in [0.15, 0.2) is 16.4 Å². The average molecular weight is 478 g/mol. The number of guanidine groups is 1. The van der Waals surface area contributed by atoms with Gasteiger partial charge in [-0.3, -0.25) is 0 Å². The molecule has 0 aromatic carbocycles. The number of halogens is 1. The summed E-state index contributed by atoms with van der Waals surface area (Å²) in [5.41, 5.74) is 1.34. The molecule has 1 unspecified atom stereocenters. The Morgan fingerprint density at radius 1 is 1.36 bits per heavy atom. The largest absolute Gasteiger partial charge is 0.357 e. The third kappa shape index (κ3) is 8.73. The molecule has 2 heterocycles. The summed E-state index contributed by atoms with van der Waals surface area (Å²) in [7, 11) is 0. The minimum Gasteiger partial charge on any atom is -0.357 e. The quantitative estimate of drug-likeness (QED) is 0.254. The Kier molecular flexibility index (Phi) is 11.7. The van der Waals surface area contributed by atoms with Gasteiger partial charge in [0.1, 0.15) is 0 Å². The molecule has 0 saturated carbocycles. The molecular formula is C19H35IN4S.